The normalized spacial score (nSPS) is 17.8. The van der Waals surface area contributed by atoms with Gasteiger partial charge in [0.25, 0.3) is 5.91 Å². The van der Waals surface area contributed by atoms with Crippen molar-refractivity contribution in [3.8, 4) is 6.07 Å². The Bertz CT molecular complexity index is 506. The lowest BCUT2D eigenvalue weighted by Crippen LogP contribution is -2.51. The fourth-order valence-electron chi connectivity index (χ4n) is 2.11. The molecule has 1 atom stereocenters. The number of halogens is 1. The lowest BCUT2D eigenvalue weighted by molar-refractivity contribution is 0.0615. The zero-order valence-electron chi connectivity index (χ0n) is 10.7. The molecule has 1 aromatic rings. The van der Waals surface area contributed by atoms with Gasteiger partial charge in [0.15, 0.2) is 0 Å². The predicted octanol–water partition coefficient (Wildman–Crippen LogP) is 0.891. The maximum absolute atomic E-state index is 13.0. The Kier molecular flexibility index (Phi) is 4.07. The van der Waals surface area contributed by atoms with Crippen LogP contribution in [0.15, 0.2) is 18.3 Å². The van der Waals surface area contributed by atoms with Crippen molar-refractivity contribution in [2.75, 3.05) is 26.2 Å². The van der Waals surface area contributed by atoms with E-state index in [1.165, 1.54) is 12.3 Å². The number of hydrogen-bond acceptors (Lipinski definition) is 4. The quantitative estimate of drug-likeness (QED) is 0.743. The summed E-state index contributed by atoms with van der Waals surface area (Å²) in [6.45, 7) is 4.27. The number of carbonyl (C=O) groups is 1. The number of piperazine rings is 1. The number of aromatic nitrogens is 1. The van der Waals surface area contributed by atoms with Gasteiger partial charge in [-0.25, -0.2) is 4.98 Å². The standard InChI is InChI=1S/C13H15FN4O/c1-10(9-15)17-4-6-18(7-5-17)13(19)11-2-3-16-12(14)8-11/h2-3,8,10H,4-7H2,1H3. The maximum Gasteiger partial charge on any atom is 0.254 e. The molecule has 1 aliphatic rings. The van der Waals surface area contributed by atoms with Crippen LogP contribution in [0.1, 0.15) is 17.3 Å². The van der Waals surface area contributed by atoms with E-state index in [2.05, 4.69) is 11.1 Å². The Balaban J connectivity index is 1.98. The second kappa shape index (κ2) is 5.76. The molecule has 0 bridgehead atoms. The molecule has 6 heteroatoms. The third-order valence-electron chi connectivity index (χ3n) is 3.31. The van der Waals surface area contributed by atoms with E-state index in [1.807, 2.05) is 11.8 Å². The van der Waals surface area contributed by atoms with E-state index in [-0.39, 0.29) is 11.9 Å². The highest BCUT2D eigenvalue weighted by atomic mass is 19.1. The molecule has 1 amide bonds. The van der Waals surface area contributed by atoms with Gasteiger partial charge >= 0.3 is 0 Å². The highest BCUT2D eigenvalue weighted by Crippen LogP contribution is 2.10. The average molecular weight is 262 g/mol. The van der Waals surface area contributed by atoms with Crippen LogP contribution in [-0.2, 0) is 0 Å². The molecule has 0 aromatic carbocycles. The number of amides is 1. The molecule has 100 valence electrons. The van der Waals surface area contributed by atoms with Gasteiger partial charge in [0, 0.05) is 44.0 Å². The zero-order valence-corrected chi connectivity index (χ0v) is 10.7. The molecule has 19 heavy (non-hydrogen) atoms. The molecule has 2 rings (SSSR count). The first kappa shape index (κ1) is 13.4. The van der Waals surface area contributed by atoms with Crippen molar-refractivity contribution in [2.24, 2.45) is 0 Å². The Morgan fingerprint density at radius 1 is 1.47 bits per heavy atom. The third kappa shape index (κ3) is 3.06. The lowest BCUT2D eigenvalue weighted by atomic mass is 10.2. The molecule has 1 aliphatic heterocycles. The van der Waals surface area contributed by atoms with E-state index in [0.29, 0.717) is 31.7 Å². The molecule has 2 heterocycles. The molecular weight excluding hydrogens is 247 g/mol. The number of nitriles is 1. The predicted molar refractivity (Wildman–Crippen MR) is 66.7 cm³/mol. The lowest BCUT2D eigenvalue weighted by Gasteiger charge is -2.35. The summed E-state index contributed by atoms with van der Waals surface area (Å²) in [6.07, 6.45) is 1.29. The maximum atomic E-state index is 13.0. The van der Waals surface area contributed by atoms with Crippen molar-refractivity contribution in [2.45, 2.75) is 13.0 Å². The first-order chi connectivity index (χ1) is 9.11. The minimum atomic E-state index is -0.650. The van der Waals surface area contributed by atoms with Crippen molar-refractivity contribution in [1.29, 1.82) is 5.26 Å². The van der Waals surface area contributed by atoms with E-state index < -0.39 is 5.95 Å². The fourth-order valence-corrected chi connectivity index (χ4v) is 2.11. The molecule has 1 fully saturated rings. The van der Waals surface area contributed by atoms with Gasteiger partial charge in [0.05, 0.1) is 12.1 Å². The van der Waals surface area contributed by atoms with Gasteiger partial charge < -0.3 is 4.90 Å². The SMILES string of the molecule is CC(C#N)N1CCN(C(=O)c2ccnc(F)c2)CC1. The van der Waals surface area contributed by atoms with Crippen LogP contribution < -0.4 is 0 Å². The first-order valence-electron chi connectivity index (χ1n) is 6.16. The van der Waals surface area contributed by atoms with Crippen molar-refractivity contribution < 1.29 is 9.18 Å². The number of hydrogen-bond donors (Lipinski definition) is 0. The van der Waals surface area contributed by atoms with Gasteiger partial charge in [-0.15, -0.1) is 0 Å². The molecule has 1 aromatic heterocycles. The van der Waals surface area contributed by atoms with Crippen LogP contribution in [0.5, 0.6) is 0 Å². The smallest absolute Gasteiger partial charge is 0.254 e. The molecule has 0 spiro atoms. The van der Waals surface area contributed by atoms with Crippen molar-refractivity contribution in [3.63, 3.8) is 0 Å². The van der Waals surface area contributed by atoms with Crippen LogP contribution >= 0.6 is 0 Å². The average Bonchev–Trinajstić information content (AvgIpc) is 2.46. The molecule has 0 saturated carbocycles. The van der Waals surface area contributed by atoms with E-state index in [4.69, 9.17) is 5.26 Å². The van der Waals surface area contributed by atoms with Crippen LogP contribution in [0, 0.1) is 17.3 Å². The van der Waals surface area contributed by atoms with Gasteiger partial charge in [0.1, 0.15) is 0 Å². The number of carbonyl (C=O) groups excluding carboxylic acids is 1. The monoisotopic (exact) mass is 262 g/mol. The van der Waals surface area contributed by atoms with Gasteiger partial charge in [-0.3, -0.25) is 9.69 Å². The van der Waals surface area contributed by atoms with Crippen LogP contribution in [0.3, 0.4) is 0 Å². The molecule has 0 aliphatic carbocycles. The summed E-state index contributed by atoms with van der Waals surface area (Å²) < 4.78 is 13.0. The summed E-state index contributed by atoms with van der Waals surface area (Å²) in [5.74, 6) is -0.840. The minimum absolute atomic E-state index is 0.143. The largest absolute Gasteiger partial charge is 0.336 e. The number of pyridine rings is 1. The summed E-state index contributed by atoms with van der Waals surface area (Å²) in [7, 11) is 0. The van der Waals surface area contributed by atoms with E-state index >= 15 is 0 Å². The second-order valence-corrected chi connectivity index (χ2v) is 4.50. The summed E-state index contributed by atoms with van der Waals surface area (Å²) in [6, 6.07) is 4.69. The van der Waals surface area contributed by atoms with Crippen molar-refractivity contribution in [1.82, 2.24) is 14.8 Å². The first-order valence-corrected chi connectivity index (χ1v) is 6.16. The molecular formula is C13H15FN4O. The van der Waals surface area contributed by atoms with Gasteiger partial charge in [-0.1, -0.05) is 0 Å². The Morgan fingerprint density at radius 3 is 2.74 bits per heavy atom. The fraction of sp³-hybridized carbons (Fsp3) is 0.462. The highest BCUT2D eigenvalue weighted by Gasteiger charge is 2.24. The third-order valence-corrected chi connectivity index (χ3v) is 3.31. The van der Waals surface area contributed by atoms with E-state index in [1.54, 1.807) is 4.90 Å². The van der Waals surface area contributed by atoms with Crippen LogP contribution in [0.2, 0.25) is 0 Å². The van der Waals surface area contributed by atoms with Gasteiger partial charge in [-0.2, -0.15) is 9.65 Å². The number of nitrogens with zero attached hydrogens (tertiary/aromatic N) is 4. The molecule has 5 nitrogen and oxygen atoms in total. The van der Waals surface area contributed by atoms with Crippen LogP contribution in [0.25, 0.3) is 0 Å². The molecule has 1 unspecified atom stereocenters. The highest BCUT2D eigenvalue weighted by molar-refractivity contribution is 5.94. The van der Waals surface area contributed by atoms with Crippen molar-refractivity contribution >= 4 is 5.91 Å². The molecule has 0 radical (unpaired) electrons. The Labute approximate surface area is 111 Å². The summed E-state index contributed by atoms with van der Waals surface area (Å²) >= 11 is 0. The Morgan fingerprint density at radius 2 is 2.16 bits per heavy atom. The molecule has 1 saturated heterocycles. The summed E-state index contributed by atoms with van der Waals surface area (Å²) in [5, 5.41) is 8.85. The molecule has 0 N–H and O–H groups in total. The van der Waals surface area contributed by atoms with Gasteiger partial charge in [-0.05, 0) is 13.0 Å². The second-order valence-electron chi connectivity index (χ2n) is 4.50. The number of rotatable bonds is 2. The zero-order chi connectivity index (χ0) is 13.8. The van der Waals surface area contributed by atoms with E-state index in [0.717, 1.165) is 6.07 Å². The van der Waals surface area contributed by atoms with E-state index in [9.17, 15) is 9.18 Å². The van der Waals surface area contributed by atoms with Gasteiger partial charge in [0.2, 0.25) is 5.95 Å². The topological polar surface area (TPSA) is 60.2 Å². The van der Waals surface area contributed by atoms with Crippen LogP contribution in [0.4, 0.5) is 4.39 Å². The Hall–Kier alpha value is -2.00. The van der Waals surface area contributed by atoms with Crippen molar-refractivity contribution in [3.05, 3.63) is 29.8 Å². The van der Waals surface area contributed by atoms with Crippen LogP contribution in [-0.4, -0.2) is 52.9 Å². The summed E-state index contributed by atoms with van der Waals surface area (Å²) in [5.41, 5.74) is 0.314. The summed E-state index contributed by atoms with van der Waals surface area (Å²) in [4.78, 5) is 19.3. The minimum Gasteiger partial charge on any atom is -0.336 e.